The van der Waals surface area contributed by atoms with E-state index in [1.807, 2.05) is 0 Å². The summed E-state index contributed by atoms with van der Waals surface area (Å²) in [6.07, 6.45) is 11.2. The normalized spacial score (nSPS) is 34.4. The smallest absolute Gasteiger partial charge is 0.149 e. The molecule has 3 aliphatic carbocycles. The fourth-order valence-corrected chi connectivity index (χ4v) is 4.63. The van der Waals surface area contributed by atoms with Crippen LogP contribution in [0.15, 0.2) is 0 Å². The number of rotatable bonds is 5. The van der Waals surface area contributed by atoms with Crippen molar-refractivity contribution in [2.24, 2.45) is 23.2 Å². The van der Waals surface area contributed by atoms with Crippen LogP contribution in [0.1, 0.15) is 70.6 Å². The molecule has 2 atom stereocenters. The maximum Gasteiger partial charge on any atom is 0.149 e. The highest BCUT2D eigenvalue weighted by molar-refractivity contribution is 6.05. The van der Waals surface area contributed by atoms with Gasteiger partial charge in [-0.1, -0.05) is 32.1 Å². The Hall–Kier alpha value is -0.990. The van der Waals surface area contributed by atoms with Crippen molar-refractivity contribution < 1.29 is 14.4 Å². The lowest BCUT2D eigenvalue weighted by Gasteiger charge is -2.42. The number of aldehydes is 1. The van der Waals surface area contributed by atoms with Crippen LogP contribution in [0.2, 0.25) is 0 Å². The van der Waals surface area contributed by atoms with E-state index in [0.717, 1.165) is 70.5 Å². The summed E-state index contributed by atoms with van der Waals surface area (Å²) in [6.45, 7) is 0. The fourth-order valence-electron chi connectivity index (χ4n) is 4.63. The molecular weight excluding hydrogens is 264 g/mol. The first-order chi connectivity index (χ1) is 10.2. The van der Waals surface area contributed by atoms with Gasteiger partial charge in [0.25, 0.3) is 0 Å². The third-order valence-corrected chi connectivity index (χ3v) is 6.20. The minimum absolute atomic E-state index is 0.0483. The fraction of sp³-hybridized carbons (Fsp3) is 0.833. The van der Waals surface area contributed by atoms with Gasteiger partial charge in [0.15, 0.2) is 0 Å². The second-order valence-electron chi connectivity index (χ2n) is 7.33. The molecule has 0 aliphatic heterocycles. The van der Waals surface area contributed by atoms with E-state index in [1.54, 1.807) is 0 Å². The topological polar surface area (TPSA) is 51.2 Å². The highest BCUT2D eigenvalue weighted by Crippen LogP contribution is 2.47. The van der Waals surface area contributed by atoms with Crippen LogP contribution < -0.4 is 0 Å². The van der Waals surface area contributed by atoms with Crippen LogP contribution in [0.25, 0.3) is 0 Å². The quantitative estimate of drug-likeness (QED) is 0.575. The van der Waals surface area contributed by atoms with Crippen molar-refractivity contribution in [1.29, 1.82) is 0 Å². The van der Waals surface area contributed by atoms with Gasteiger partial charge >= 0.3 is 0 Å². The second-order valence-corrected chi connectivity index (χ2v) is 7.33. The first kappa shape index (κ1) is 14.9. The van der Waals surface area contributed by atoms with E-state index in [2.05, 4.69) is 0 Å². The maximum atomic E-state index is 12.9. The lowest BCUT2D eigenvalue weighted by molar-refractivity contribution is -0.152. The predicted octanol–water partition coefficient (Wildman–Crippen LogP) is 3.49. The molecule has 116 valence electrons. The van der Waals surface area contributed by atoms with Crippen LogP contribution in [0.5, 0.6) is 0 Å². The zero-order valence-electron chi connectivity index (χ0n) is 12.8. The Morgan fingerprint density at radius 2 is 1.43 bits per heavy atom. The van der Waals surface area contributed by atoms with Crippen LogP contribution in [-0.4, -0.2) is 17.9 Å². The summed E-state index contributed by atoms with van der Waals surface area (Å²) in [5.41, 5.74) is -0.969. The summed E-state index contributed by atoms with van der Waals surface area (Å²) >= 11 is 0. The van der Waals surface area contributed by atoms with E-state index in [4.69, 9.17) is 0 Å². The van der Waals surface area contributed by atoms with Crippen molar-refractivity contribution >= 4 is 17.9 Å². The van der Waals surface area contributed by atoms with Crippen molar-refractivity contribution in [2.75, 3.05) is 0 Å². The van der Waals surface area contributed by atoms with E-state index in [1.165, 1.54) is 0 Å². The number of carbonyl (C=O) groups is 3. The maximum absolute atomic E-state index is 12.9. The Morgan fingerprint density at radius 3 is 2.00 bits per heavy atom. The Labute approximate surface area is 126 Å². The molecule has 0 radical (unpaired) electrons. The molecule has 2 unspecified atom stereocenters. The van der Waals surface area contributed by atoms with Crippen LogP contribution in [0.3, 0.4) is 0 Å². The molecule has 0 spiro atoms. The molecule has 3 heteroatoms. The SMILES string of the molecule is O=CC1(C(=O)C2CCC2)CCCCC1C(=O)C1CCCC1. The number of hydrogen-bond donors (Lipinski definition) is 0. The molecule has 0 heterocycles. The number of hydrogen-bond acceptors (Lipinski definition) is 3. The molecule has 0 aromatic rings. The van der Waals surface area contributed by atoms with Gasteiger partial charge < -0.3 is 4.79 Å². The summed E-state index contributed by atoms with van der Waals surface area (Å²) < 4.78 is 0. The van der Waals surface area contributed by atoms with Gasteiger partial charge in [-0.3, -0.25) is 9.59 Å². The molecule has 0 saturated heterocycles. The molecule has 0 amide bonds. The van der Waals surface area contributed by atoms with E-state index in [0.29, 0.717) is 6.42 Å². The third-order valence-electron chi connectivity index (χ3n) is 6.20. The average Bonchev–Trinajstić information content (AvgIpc) is 2.98. The van der Waals surface area contributed by atoms with E-state index in [-0.39, 0.29) is 29.3 Å². The first-order valence-electron chi connectivity index (χ1n) is 8.73. The van der Waals surface area contributed by atoms with Gasteiger partial charge in [-0.25, -0.2) is 0 Å². The summed E-state index contributed by atoms with van der Waals surface area (Å²) in [5.74, 6) is 0.167. The summed E-state index contributed by atoms with van der Waals surface area (Å²) in [5, 5.41) is 0. The molecule has 3 aliphatic rings. The molecule has 3 rings (SSSR count). The van der Waals surface area contributed by atoms with Gasteiger partial charge in [-0.05, 0) is 38.5 Å². The summed E-state index contributed by atoms with van der Waals surface area (Å²) in [7, 11) is 0. The highest BCUT2D eigenvalue weighted by atomic mass is 16.2. The first-order valence-corrected chi connectivity index (χ1v) is 8.73. The molecule has 21 heavy (non-hydrogen) atoms. The van der Waals surface area contributed by atoms with Gasteiger partial charge in [-0.2, -0.15) is 0 Å². The van der Waals surface area contributed by atoms with E-state index in [9.17, 15) is 14.4 Å². The molecule has 3 nitrogen and oxygen atoms in total. The molecule has 0 N–H and O–H groups in total. The lowest BCUT2D eigenvalue weighted by Crippen LogP contribution is -2.50. The van der Waals surface area contributed by atoms with Crippen molar-refractivity contribution in [3.63, 3.8) is 0 Å². The predicted molar refractivity (Wildman–Crippen MR) is 79.8 cm³/mol. The molecule has 0 aromatic heterocycles. The van der Waals surface area contributed by atoms with Gasteiger partial charge in [0.05, 0.1) is 5.41 Å². The second kappa shape index (κ2) is 6.02. The number of ketones is 2. The van der Waals surface area contributed by atoms with Gasteiger partial charge in [0.2, 0.25) is 0 Å². The Morgan fingerprint density at radius 1 is 0.810 bits per heavy atom. The van der Waals surface area contributed by atoms with Crippen LogP contribution in [-0.2, 0) is 14.4 Å². The lowest BCUT2D eigenvalue weighted by atomic mass is 9.58. The number of Topliss-reactive ketones (excluding diaryl/α,β-unsaturated/α-hetero) is 2. The van der Waals surface area contributed by atoms with Gasteiger partial charge in [-0.15, -0.1) is 0 Å². The van der Waals surface area contributed by atoms with Crippen molar-refractivity contribution in [2.45, 2.75) is 70.6 Å². The highest BCUT2D eigenvalue weighted by Gasteiger charge is 2.53. The monoisotopic (exact) mass is 290 g/mol. The minimum atomic E-state index is -0.969. The van der Waals surface area contributed by atoms with Crippen molar-refractivity contribution in [3.05, 3.63) is 0 Å². The van der Waals surface area contributed by atoms with E-state index >= 15 is 0 Å². The van der Waals surface area contributed by atoms with Crippen LogP contribution >= 0.6 is 0 Å². The zero-order chi connectivity index (χ0) is 14.9. The average molecular weight is 290 g/mol. The van der Waals surface area contributed by atoms with Crippen molar-refractivity contribution in [3.8, 4) is 0 Å². The Bertz CT molecular complexity index is 432. The van der Waals surface area contributed by atoms with E-state index < -0.39 is 5.41 Å². The molecule has 0 aromatic carbocycles. The third kappa shape index (κ3) is 2.49. The standard InChI is InChI=1S/C18H26O3/c19-12-18(17(21)14-8-5-9-14)11-4-3-10-15(18)16(20)13-6-1-2-7-13/h12-15H,1-11H2. The zero-order valence-corrected chi connectivity index (χ0v) is 12.8. The van der Waals surface area contributed by atoms with Gasteiger partial charge in [0.1, 0.15) is 17.9 Å². The molecule has 0 bridgehead atoms. The van der Waals surface area contributed by atoms with Crippen LogP contribution in [0, 0.1) is 23.2 Å². The van der Waals surface area contributed by atoms with Crippen LogP contribution in [0.4, 0.5) is 0 Å². The molecule has 3 saturated carbocycles. The summed E-state index contributed by atoms with van der Waals surface area (Å²) in [4.78, 5) is 37.7. The molecule has 3 fully saturated rings. The summed E-state index contributed by atoms with van der Waals surface area (Å²) in [6, 6.07) is 0. The minimum Gasteiger partial charge on any atom is -0.302 e. The Kier molecular flexibility index (Phi) is 4.28. The van der Waals surface area contributed by atoms with Gasteiger partial charge in [0, 0.05) is 17.8 Å². The molecular formula is C18H26O3. The number of carbonyl (C=O) groups excluding carboxylic acids is 3. The largest absolute Gasteiger partial charge is 0.302 e. The Balaban J connectivity index is 1.85. The van der Waals surface area contributed by atoms with Crippen molar-refractivity contribution in [1.82, 2.24) is 0 Å².